The summed E-state index contributed by atoms with van der Waals surface area (Å²) in [6, 6.07) is 16.0. The van der Waals surface area contributed by atoms with Gasteiger partial charge in [-0.1, -0.05) is 12.2 Å². The Morgan fingerprint density at radius 3 is 2.27 bits per heavy atom. The van der Waals surface area contributed by atoms with Gasteiger partial charge in [0.25, 0.3) is 0 Å². The molecule has 0 aliphatic heterocycles. The molecule has 5 nitrogen and oxygen atoms in total. The first-order valence-electron chi connectivity index (χ1n) is 8.49. The van der Waals surface area contributed by atoms with E-state index in [0.717, 1.165) is 29.2 Å². The maximum atomic E-state index is 5.17. The van der Waals surface area contributed by atoms with Crippen molar-refractivity contribution in [3.05, 3.63) is 73.0 Å². The molecule has 0 heterocycles. The number of benzene rings is 2. The van der Waals surface area contributed by atoms with Gasteiger partial charge in [0.05, 0.1) is 12.8 Å². The van der Waals surface area contributed by atoms with Crippen molar-refractivity contribution in [2.45, 2.75) is 6.42 Å². The molecule has 0 radical (unpaired) electrons. The fraction of sp³-hybridized carbons (Fsp3) is 0.190. The third-order valence-electron chi connectivity index (χ3n) is 3.63. The smallest absolute Gasteiger partial charge is 0.119 e. The minimum Gasteiger partial charge on any atom is -0.497 e. The quantitative estimate of drug-likeness (QED) is 0.396. The molecule has 0 aliphatic rings. The van der Waals surface area contributed by atoms with Gasteiger partial charge in [-0.25, -0.2) is 0 Å². The molecule has 0 fully saturated rings. The summed E-state index contributed by atoms with van der Waals surface area (Å²) < 4.78 is 5.17. The molecule has 2 aromatic rings. The summed E-state index contributed by atoms with van der Waals surface area (Å²) in [5, 5.41) is 12.6. The van der Waals surface area contributed by atoms with E-state index in [1.165, 1.54) is 0 Å². The highest BCUT2D eigenvalue weighted by Gasteiger charge is 1.99. The molecule has 0 saturated heterocycles. The standard InChI is InChI=1S/C21H26N4O/c1-22-16-6-4-5-7-17-23-25(2)20-12-8-18(9-13-20)24-19-10-14-21(26-3)15-11-19/h4-6,8-17,22,24H,7H2,1-3H3/b5-4-,16-6-,23-17+. The van der Waals surface area contributed by atoms with Gasteiger partial charge in [-0.3, -0.25) is 5.01 Å². The van der Waals surface area contributed by atoms with Crippen molar-refractivity contribution in [2.24, 2.45) is 5.10 Å². The molecule has 5 heteroatoms. The Labute approximate surface area is 155 Å². The minimum atomic E-state index is 0.787. The van der Waals surface area contributed by atoms with Crippen molar-refractivity contribution in [3.63, 3.8) is 0 Å². The van der Waals surface area contributed by atoms with Gasteiger partial charge in [0, 0.05) is 38.1 Å². The highest BCUT2D eigenvalue weighted by Crippen LogP contribution is 2.22. The lowest BCUT2D eigenvalue weighted by Crippen LogP contribution is -2.08. The average Bonchev–Trinajstić information content (AvgIpc) is 2.68. The van der Waals surface area contributed by atoms with Crippen molar-refractivity contribution in [3.8, 4) is 5.75 Å². The van der Waals surface area contributed by atoms with E-state index in [4.69, 9.17) is 4.74 Å². The van der Waals surface area contributed by atoms with Crippen LogP contribution < -0.4 is 20.4 Å². The second-order valence-electron chi connectivity index (χ2n) is 5.53. The summed E-state index contributed by atoms with van der Waals surface area (Å²) in [7, 11) is 5.48. The van der Waals surface area contributed by atoms with Crippen molar-refractivity contribution < 1.29 is 4.74 Å². The zero-order chi connectivity index (χ0) is 18.6. The number of methoxy groups -OCH3 is 1. The maximum absolute atomic E-state index is 5.17. The molecule has 0 amide bonds. The molecule has 0 atom stereocenters. The average molecular weight is 350 g/mol. The van der Waals surface area contributed by atoms with Crippen molar-refractivity contribution >= 4 is 23.3 Å². The Bertz CT molecular complexity index is 734. The number of allylic oxidation sites excluding steroid dienone is 3. The third kappa shape index (κ3) is 6.36. The van der Waals surface area contributed by atoms with E-state index in [1.54, 1.807) is 7.11 Å². The van der Waals surface area contributed by atoms with Crippen LogP contribution in [0.4, 0.5) is 17.1 Å². The highest BCUT2D eigenvalue weighted by atomic mass is 16.5. The molecule has 0 aromatic heterocycles. The van der Waals surface area contributed by atoms with E-state index in [9.17, 15) is 0 Å². The predicted molar refractivity (Wildman–Crippen MR) is 112 cm³/mol. The summed E-state index contributed by atoms with van der Waals surface area (Å²) in [6.07, 6.45) is 10.5. The first kappa shape index (κ1) is 19.1. The lowest BCUT2D eigenvalue weighted by Gasteiger charge is -2.14. The number of ether oxygens (including phenoxy) is 1. The topological polar surface area (TPSA) is 48.9 Å². The van der Waals surface area contributed by atoms with Gasteiger partial charge >= 0.3 is 0 Å². The number of nitrogens with zero attached hydrogens (tertiary/aromatic N) is 2. The van der Waals surface area contributed by atoms with Crippen LogP contribution in [-0.4, -0.2) is 27.4 Å². The normalized spacial score (nSPS) is 11.3. The van der Waals surface area contributed by atoms with Crippen LogP contribution >= 0.6 is 0 Å². The summed E-state index contributed by atoms with van der Waals surface area (Å²) in [6.45, 7) is 0. The van der Waals surface area contributed by atoms with E-state index in [0.29, 0.717) is 0 Å². The largest absolute Gasteiger partial charge is 0.497 e. The molecule has 0 saturated carbocycles. The van der Waals surface area contributed by atoms with Crippen molar-refractivity contribution in [1.29, 1.82) is 0 Å². The molecular weight excluding hydrogens is 324 g/mol. The Morgan fingerprint density at radius 1 is 1.00 bits per heavy atom. The number of nitrogens with one attached hydrogen (secondary N) is 2. The third-order valence-corrected chi connectivity index (χ3v) is 3.63. The highest BCUT2D eigenvalue weighted by molar-refractivity contribution is 5.65. The van der Waals surface area contributed by atoms with Gasteiger partial charge < -0.3 is 15.4 Å². The van der Waals surface area contributed by atoms with Gasteiger partial charge in [0.1, 0.15) is 5.75 Å². The second kappa shape index (κ2) is 10.6. The van der Waals surface area contributed by atoms with Crippen molar-refractivity contribution in [1.82, 2.24) is 5.32 Å². The van der Waals surface area contributed by atoms with Crippen LogP contribution in [0.25, 0.3) is 0 Å². The van der Waals surface area contributed by atoms with Gasteiger partial charge in [-0.2, -0.15) is 5.10 Å². The number of anilines is 3. The fourth-order valence-corrected chi connectivity index (χ4v) is 2.21. The molecule has 0 bridgehead atoms. The second-order valence-corrected chi connectivity index (χ2v) is 5.53. The molecule has 2 N–H and O–H groups in total. The predicted octanol–water partition coefficient (Wildman–Crippen LogP) is 4.54. The number of hydrogen-bond donors (Lipinski definition) is 2. The van der Waals surface area contributed by atoms with Crippen LogP contribution in [0, 0.1) is 0 Å². The van der Waals surface area contributed by atoms with Crippen LogP contribution in [0.2, 0.25) is 0 Å². The first-order valence-corrected chi connectivity index (χ1v) is 8.49. The molecule has 136 valence electrons. The summed E-state index contributed by atoms with van der Waals surface area (Å²) in [5.41, 5.74) is 3.07. The van der Waals surface area contributed by atoms with E-state index in [-0.39, 0.29) is 0 Å². The van der Waals surface area contributed by atoms with E-state index in [1.807, 2.05) is 98.3 Å². The molecule has 0 aliphatic carbocycles. The number of rotatable bonds is 9. The summed E-state index contributed by atoms with van der Waals surface area (Å²) in [5.74, 6) is 0.846. The number of hydrogen-bond acceptors (Lipinski definition) is 5. The Balaban J connectivity index is 1.87. The van der Waals surface area contributed by atoms with Crippen molar-refractivity contribution in [2.75, 3.05) is 31.5 Å². The van der Waals surface area contributed by atoms with Gasteiger partial charge in [-0.05, 0) is 60.8 Å². The maximum Gasteiger partial charge on any atom is 0.119 e. The molecule has 0 spiro atoms. The lowest BCUT2D eigenvalue weighted by atomic mass is 10.2. The molecule has 2 aromatic carbocycles. The van der Waals surface area contributed by atoms with Crippen LogP contribution in [0.15, 0.2) is 78.1 Å². The molecule has 2 rings (SSSR count). The van der Waals surface area contributed by atoms with E-state index < -0.39 is 0 Å². The van der Waals surface area contributed by atoms with Crippen LogP contribution in [0.3, 0.4) is 0 Å². The van der Waals surface area contributed by atoms with Crippen LogP contribution in [0.1, 0.15) is 6.42 Å². The van der Waals surface area contributed by atoms with Crippen LogP contribution in [-0.2, 0) is 0 Å². The monoisotopic (exact) mass is 350 g/mol. The number of hydrazone groups is 1. The van der Waals surface area contributed by atoms with E-state index in [2.05, 4.69) is 15.7 Å². The van der Waals surface area contributed by atoms with Gasteiger partial charge in [-0.15, -0.1) is 0 Å². The Morgan fingerprint density at radius 2 is 1.65 bits per heavy atom. The Hall–Kier alpha value is -3.21. The first-order chi connectivity index (χ1) is 12.7. The minimum absolute atomic E-state index is 0.787. The molecule has 26 heavy (non-hydrogen) atoms. The molecule has 0 unspecified atom stereocenters. The van der Waals surface area contributed by atoms with Crippen LogP contribution in [0.5, 0.6) is 5.75 Å². The zero-order valence-electron chi connectivity index (χ0n) is 15.5. The fourth-order valence-electron chi connectivity index (χ4n) is 2.21. The summed E-state index contributed by atoms with van der Waals surface area (Å²) in [4.78, 5) is 0. The zero-order valence-corrected chi connectivity index (χ0v) is 15.5. The lowest BCUT2D eigenvalue weighted by molar-refractivity contribution is 0.415. The molecular formula is C21H26N4O. The van der Waals surface area contributed by atoms with Gasteiger partial charge in [0.15, 0.2) is 0 Å². The van der Waals surface area contributed by atoms with E-state index >= 15 is 0 Å². The SMILES string of the molecule is CN/C=C\C=C/C/C=N/N(C)c1ccc(Nc2ccc(OC)cc2)cc1. The summed E-state index contributed by atoms with van der Waals surface area (Å²) >= 11 is 0. The van der Waals surface area contributed by atoms with Gasteiger partial charge in [0.2, 0.25) is 0 Å². The Kier molecular flexibility index (Phi) is 7.80.